The number of rotatable bonds is 7. The monoisotopic (exact) mass is 474 g/mol. The molecule has 0 unspecified atom stereocenters. The Morgan fingerprint density at radius 3 is 2.72 bits per heavy atom. The molecular weight excluding hydrogens is 450 g/mol. The Labute approximate surface area is 196 Å². The molecule has 1 amide bonds. The second-order valence-electron chi connectivity index (χ2n) is 8.02. The maximum absolute atomic E-state index is 14.4. The molecule has 4 rings (SSSR count). The van der Waals surface area contributed by atoms with Crippen molar-refractivity contribution < 1.29 is 9.18 Å². The van der Waals surface area contributed by atoms with E-state index < -0.39 is 5.82 Å². The molecule has 0 bridgehead atoms. The van der Waals surface area contributed by atoms with Crippen LogP contribution >= 0.6 is 23.2 Å². The predicted molar refractivity (Wildman–Crippen MR) is 130 cm³/mol. The number of carbonyl (C=O) groups excluding carboxylic acids is 1. The van der Waals surface area contributed by atoms with Crippen LogP contribution in [-0.2, 0) is 4.79 Å². The Balaban J connectivity index is 1.45. The number of fused-ring (bicyclic) bond motifs is 1. The molecule has 2 heterocycles. The molecule has 2 N–H and O–H groups in total. The number of amides is 1. The lowest BCUT2D eigenvalue weighted by atomic mass is 10.1. The fraction of sp³-hybridized carbons (Fsp3) is 0.333. The molecule has 2 aromatic carbocycles. The molecule has 1 aliphatic rings. The van der Waals surface area contributed by atoms with Crippen LogP contribution in [0, 0.1) is 5.82 Å². The van der Waals surface area contributed by atoms with Crippen molar-refractivity contribution in [3.8, 4) is 0 Å². The van der Waals surface area contributed by atoms with E-state index in [1.165, 1.54) is 31.4 Å². The Hall–Kier alpha value is -2.41. The number of hydrogen-bond acceptors (Lipinski definition) is 4. The van der Waals surface area contributed by atoms with E-state index in [-0.39, 0.29) is 16.6 Å². The van der Waals surface area contributed by atoms with E-state index in [2.05, 4.69) is 20.5 Å². The third-order valence-corrected chi connectivity index (χ3v) is 6.12. The second-order valence-corrected chi connectivity index (χ2v) is 8.87. The fourth-order valence-corrected chi connectivity index (χ4v) is 4.48. The van der Waals surface area contributed by atoms with Gasteiger partial charge in [-0.2, -0.15) is 0 Å². The summed E-state index contributed by atoms with van der Waals surface area (Å²) in [6.45, 7) is 3.22. The van der Waals surface area contributed by atoms with Gasteiger partial charge in [0.2, 0.25) is 5.91 Å². The van der Waals surface area contributed by atoms with Crippen molar-refractivity contribution in [1.29, 1.82) is 0 Å². The van der Waals surface area contributed by atoms with E-state index in [1.54, 1.807) is 6.20 Å². The molecule has 5 nitrogen and oxygen atoms in total. The van der Waals surface area contributed by atoms with Gasteiger partial charge in [-0.05, 0) is 74.6 Å². The lowest BCUT2D eigenvalue weighted by molar-refractivity contribution is -0.116. The van der Waals surface area contributed by atoms with Gasteiger partial charge in [0, 0.05) is 28.7 Å². The van der Waals surface area contributed by atoms with Crippen molar-refractivity contribution in [3.05, 3.63) is 58.5 Å². The molecule has 0 spiro atoms. The molecule has 0 radical (unpaired) electrons. The quantitative estimate of drug-likeness (QED) is 0.377. The average molecular weight is 475 g/mol. The first-order valence-corrected chi connectivity index (χ1v) is 11.6. The smallest absolute Gasteiger partial charge is 0.224 e. The third kappa shape index (κ3) is 5.68. The number of halogens is 3. The SMILES string of the molecule is O=C(CCCN1CCCCC1)Nc1ccc2ccnc(Nc3cc(Cl)cc(Cl)c3F)c2c1. The standard InChI is InChI=1S/C24H25Cl2FN4O/c25-17-13-20(26)23(27)21(14-17)30-24-19-15-18(7-6-16(19)8-9-28-24)29-22(32)5-4-12-31-10-2-1-3-11-31/h6-9,13-15H,1-5,10-12H2,(H,28,30)(H,29,32). The highest BCUT2D eigenvalue weighted by molar-refractivity contribution is 6.35. The molecule has 0 atom stereocenters. The molecule has 8 heteroatoms. The minimum atomic E-state index is -0.604. The molecular formula is C24H25Cl2FN4O. The normalized spacial score (nSPS) is 14.5. The first-order valence-electron chi connectivity index (χ1n) is 10.8. The molecule has 1 aromatic heterocycles. The van der Waals surface area contributed by atoms with Crippen molar-refractivity contribution in [2.75, 3.05) is 30.3 Å². The first kappa shape index (κ1) is 22.8. The number of anilines is 3. The lowest BCUT2D eigenvalue weighted by Gasteiger charge is -2.26. The molecule has 1 fully saturated rings. The van der Waals surface area contributed by atoms with Gasteiger partial charge in [-0.3, -0.25) is 4.79 Å². The van der Waals surface area contributed by atoms with E-state index in [9.17, 15) is 9.18 Å². The van der Waals surface area contributed by atoms with Gasteiger partial charge in [0.15, 0.2) is 5.82 Å². The summed E-state index contributed by atoms with van der Waals surface area (Å²) in [5.74, 6) is -0.179. The maximum Gasteiger partial charge on any atom is 0.224 e. The predicted octanol–water partition coefficient (Wildman–Crippen LogP) is 6.63. The number of aromatic nitrogens is 1. The Kier molecular flexibility index (Phi) is 7.45. The fourth-order valence-electron chi connectivity index (χ4n) is 3.99. The number of hydrogen-bond donors (Lipinski definition) is 2. The first-order chi connectivity index (χ1) is 15.5. The highest BCUT2D eigenvalue weighted by Crippen LogP contribution is 2.32. The van der Waals surface area contributed by atoms with Crippen LogP contribution in [0.25, 0.3) is 10.8 Å². The summed E-state index contributed by atoms with van der Waals surface area (Å²) < 4.78 is 14.4. The van der Waals surface area contributed by atoms with Crippen LogP contribution in [0.1, 0.15) is 32.1 Å². The highest BCUT2D eigenvalue weighted by Gasteiger charge is 2.13. The third-order valence-electron chi connectivity index (χ3n) is 5.62. The largest absolute Gasteiger partial charge is 0.337 e. The van der Waals surface area contributed by atoms with E-state index in [1.807, 2.05) is 24.3 Å². The number of carbonyl (C=O) groups is 1. The van der Waals surface area contributed by atoms with Crippen LogP contribution in [0.2, 0.25) is 10.0 Å². The maximum atomic E-state index is 14.4. The van der Waals surface area contributed by atoms with Gasteiger partial charge >= 0.3 is 0 Å². The summed E-state index contributed by atoms with van der Waals surface area (Å²) in [6, 6.07) is 10.2. The number of benzene rings is 2. The summed E-state index contributed by atoms with van der Waals surface area (Å²) in [4.78, 5) is 19.2. The zero-order valence-corrected chi connectivity index (χ0v) is 19.1. The summed E-state index contributed by atoms with van der Waals surface area (Å²) in [5, 5.41) is 7.83. The lowest BCUT2D eigenvalue weighted by Crippen LogP contribution is -2.31. The van der Waals surface area contributed by atoms with Crippen molar-refractivity contribution >= 4 is 57.1 Å². The number of nitrogens with zero attached hydrogens (tertiary/aromatic N) is 2. The summed E-state index contributed by atoms with van der Waals surface area (Å²) >= 11 is 11.9. The van der Waals surface area contributed by atoms with Crippen molar-refractivity contribution in [2.24, 2.45) is 0 Å². The van der Waals surface area contributed by atoms with Crippen LogP contribution in [0.5, 0.6) is 0 Å². The second kappa shape index (κ2) is 10.5. The molecule has 3 aromatic rings. The van der Waals surface area contributed by atoms with Gasteiger partial charge in [0.25, 0.3) is 0 Å². The Bertz CT molecular complexity index is 1120. The van der Waals surface area contributed by atoms with Crippen molar-refractivity contribution in [2.45, 2.75) is 32.1 Å². The summed E-state index contributed by atoms with van der Waals surface area (Å²) in [5.41, 5.74) is 0.802. The highest BCUT2D eigenvalue weighted by atomic mass is 35.5. The minimum Gasteiger partial charge on any atom is -0.337 e. The molecule has 168 valence electrons. The number of nitrogens with one attached hydrogen (secondary N) is 2. The van der Waals surface area contributed by atoms with Crippen LogP contribution in [0.3, 0.4) is 0 Å². The number of likely N-dealkylation sites (tertiary alicyclic amines) is 1. The molecule has 0 aliphatic carbocycles. The molecule has 0 saturated carbocycles. The average Bonchev–Trinajstić information content (AvgIpc) is 2.78. The zero-order chi connectivity index (χ0) is 22.5. The Morgan fingerprint density at radius 2 is 1.91 bits per heavy atom. The van der Waals surface area contributed by atoms with Crippen LogP contribution in [-0.4, -0.2) is 35.4 Å². The summed E-state index contributed by atoms with van der Waals surface area (Å²) in [7, 11) is 0. The molecule has 1 aliphatic heterocycles. The van der Waals surface area contributed by atoms with Crippen LogP contribution in [0.4, 0.5) is 21.6 Å². The topological polar surface area (TPSA) is 57.3 Å². The minimum absolute atomic E-state index is 0.0209. The van der Waals surface area contributed by atoms with Gasteiger partial charge in [-0.1, -0.05) is 35.7 Å². The van der Waals surface area contributed by atoms with Crippen molar-refractivity contribution in [1.82, 2.24) is 9.88 Å². The van der Waals surface area contributed by atoms with Gasteiger partial charge in [-0.25, -0.2) is 9.37 Å². The van der Waals surface area contributed by atoms with Gasteiger partial charge in [0.1, 0.15) is 5.82 Å². The summed E-state index contributed by atoms with van der Waals surface area (Å²) in [6.07, 6.45) is 6.74. The van der Waals surface area contributed by atoms with E-state index in [4.69, 9.17) is 23.2 Å². The van der Waals surface area contributed by atoms with Gasteiger partial charge < -0.3 is 15.5 Å². The van der Waals surface area contributed by atoms with E-state index >= 15 is 0 Å². The molecule has 1 saturated heterocycles. The Morgan fingerprint density at radius 1 is 1.09 bits per heavy atom. The molecule has 32 heavy (non-hydrogen) atoms. The number of piperidine rings is 1. The number of pyridine rings is 1. The van der Waals surface area contributed by atoms with E-state index in [0.717, 1.165) is 36.8 Å². The van der Waals surface area contributed by atoms with Gasteiger partial charge in [0.05, 0.1) is 10.7 Å². The van der Waals surface area contributed by atoms with Crippen LogP contribution in [0.15, 0.2) is 42.6 Å². The van der Waals surface area contributed by atoms with Crippen LogP contribution < -0.4 is 10.6 Å². The van der Waals surface area contributed by atoms with Crippen molar-refractivity contribution in [3.63, 3.8) is 0 Å². The van der Waals surface area contributed by atoms with Gasteiger partial charge in [-0.15, -0.1) is 0 Å². The zero-order valence-electron chi connectivity index (χ0n) is 17.6. The van der Waals surface area contributed by atoms with E-state index in [0.29, 0.717) is 22.9 Å².